The highest BCUT2D eigenvalue weighted by Gasteiger charge is 2.26. The van der Waals surface area contributed by atoms with Crippen LogP contribution in [0.4, 0.5) is 0 Å². The average Bonchev–Trinajstić information content (AvgIpc) is 3.26. The number of nitrogens with one attached hydrogen (secondary N) is 2. The third kappa shape index (κ3) is 5.71. The van der Waals surface area contributed by atoms with Crippen LogP contribution in [0.2, 0.25) is 0 Å². The molecule has 6 nitrogen and oxygen atoms in total. The van der Waals surface area contributed by atoms with Crippen LogP contribution >= 0.6 is 0 Å². The number of piperidine rings is 2. The van der Waals surface area contributed by atoms with Crippen LogP contribution in [0.25, 0.3) is 10.9 Å². The summed E-state index contributed by atoms with van der Waals surface area (Å²) in [4.78, 5) is 33.0. The van der Waals surface area contributed by atoms with Gasteiger partial charge in [-0.25, -0.2) is 0 Å². The molecule has 2 saturated heterocycles. The Morgan fingerprint density at radius 2 is 1.91 bits per heavy atom. The summed E-state index contributed by atoms with van der Waals surface area (Å²) in [6, 6.07) is 10.6. The van der Waals surface area contributed by atoms with Gasteiger partial charge in [-0.3, -0.25) is 9.59 Å². The first-order valence-electron chi connectivity index (χ1n) is 12.5. The van der Waals surface area contributed by atoms with Gasteiger partial charge in [-0.2, -0.15) is 0 Å². The van der Waals surface area contributed by atoms with Crippen molar-refractivity contribution in [3.8, 4) is 0 Å². The quantitative estimate of drug-likeness (QED) is 0.608. The van der Waals surface area contributed by atoms with E-state index in [0.29, 0.717) is 18.0 Å². The number of fused-ring (bicyclic) bond motifs is 1. The Labute approximate surface area is 191 Å². The minimum Gasteiger partial charge on any atom is -0.356 e. The molecule has 0 unspecified atom stereocenters. The van der Waals surface area contributed by atoms with Crippen molar-refractivity contribution in [1.82, 2.24) is 20.1 Å². The summed E-state index contributed by atoms with van der Waals surface area (Å²) in [7, 11) is 0. The molecule has 2 N–H and O–H groups in total. The SMILES string of the molecule is CC[C@@H]1CCCCN1CCCNC(=O)CC1CCN(C(=O)c2cc3ccccc3[nH]2)CC1. The number of amides is 2. The van der Waals surface area contributed by atoms with Crippen molar-refractivity contribution in [1.29, 1.82) is 0 Å². The molecule has 2 aliphatic rings. The molecule has 0 bridgehead atoms. The molecule has 4 rings (SSSR count). The van der Waals surface area contributed by atoms with Gasteiger partial charge in [0.25, 0.3) is 5.91 Å². The molecule has 174 valence electrons. The fourth-order valence-corrected chi connectivity index (χ4v) is 5.36. The second-order valence-electron chi connectivity index (χ2n) is 9.51. The summed E-state index contributed by atoms with van der Waals surface area (Å²) < 4.78 is 0. The van der Waals surface area contributed by atoms with Gasteiger partial charge in [-0.15, -0.1) is 0 Å². The number of para-hydroxylation sites is 1. The van der Waals surface area contributed by atoms with Crippen molar-refractivity contribution in [3.63, 3.8) is 0 Å². The number of aromatic amines is 1. The van der Waals surface area contributed by atoms with Crippen LogP contribution in [0.5, 0.6) is 0 Å². The highest BCUT2D eigenvalue weighted by molar-refractivity contribution is 5.98. The number of carbonyl (C=O) groups is 2. The zero-order chi connectivity index (χ0) is 22.3. The Morgan fingerprint density at radius 3 is 2.69 bits per heavy atom. The van der Waals surface area contributed by atoms with Crippen LogP contribution < -0.4 is 5.32 Å². The Hall–Kier alpha value is -2.34. The summed E-state index contributed by atoms with van der Waals surface area (Å²) in [6.45, 7) is 6.79. The standard InChI is InChI=1S/C26H38N4O2/c1-2-22-9-5-6-14-29(22)15-7-13-27-25(31)18-20-11-16-30(17-12-20)26(32)24-19-21-8-3-4-10-23(21)28-24/h3-4,8,10,19-20,22,28H,2,5-7,9,11-18H2,1H3,(H,27,31)/t22-/m1/s1. The van der Waals surface area contributed by atoms with E-state index in [4.69, 9.17) is 0 Å². The Bertz CT molecular complexity index is 867. The lowest BCUT2D eigenvalue weighted by Crippen LogP contribution is -2.41. The molecule has 1 aromatic heterocycles. The van der Waals surface area contributed by atoms with E-state index in [1.807, 2.05) is 35.2 Å². The molecule has 0 spiro atoms. The van der Waals surface area contributed by atoms with Crippen molar-refractivity contribution in [2.24, 2.45) is 5.92 Å². The van der Waals surface area contributed by atoms with E-state index in [-0.39, 0.29) is 11.8 Å². The number of hydrogen-bond donors (Lipinski definition) is 2. The maximum absolute atomic E-state index is 12.9. The predicted molar refractivity (Wildman–Crippen MR) is 129 cm³/mol. The number of carbonyl (C=O) groups excluding carboxylic acids is 2. The summed E-state index contributed by atoms with van der Waals surface area (Å²) >= 11 is 0. The fourth-order valence-electron chi connectivity index (χ4n) is 5.36. The van der Waals surface area contributed by atoms with Gasteiger partial charge in [0, 0.05) is 49.5 Å². The van der Waals surface area contributed by atoms with Gasteiger partial charge in [0.2, 0.25) is 5.91 Å². The largest absolute Gasteiger partial charge is 0.356 e. The molecular weight excluding hydrogens is 400 g/mol. The van der Waals surface area contributed by atoms with Crippen molar-refractivity contribution in [2.45, 2.75) is 64.3 Å². The minimum absolute atomic E-state index is 0.0622. The topological polar surface area (TPSA) is 68.4 Å². The van der Waals surface area contributed by atoms with Crippen molar-refractivity contribution in [2.75, 3.05) is 32.7 Å². The van der Waals surface area contributed by atoms with Gasteiger partial charge in [0.1, 0.15) is 5.69 Å². The molecule has 2 aromatic rings. The third-order valence-corrected chi connectivity index (χ3v) is 7.30. The average molecular weight is 439 g/mol. The molecule has 32 heavy (non-hydrogen) atoms. The number of nitrogens with zero attached hydrogens (tertiary/aromatic N) is 2. The first kappa shape index (κ1) is 22.8. The number of rotatable bonds is 8. The van der Waals surface area contributed by atoms with Crippen LogP contribution in [0.1, 0.15) is 68.8 Å². The fraction of sp³-hybridized carbons (Fsp3) is 0.615. The molecule has 2 amide bonds. The second kappa shape index (κ2) is 11.0. The number of hydrogen-bond acceptors (Lipinski definition) is 3. The molecule has 0 aliphatic carbocycles. The van der Waals surface area contributed by atoms with Gasteiger partial charge in [-0.1, -0.05) is 31.5 Å². The maximum Gasteiger partial charge on any atom is 0.270 e. The Balaban J connectivity index is 1.14. The van der Waals surface area contributed by atoms with Crippen molar-refractivity contribution < 1.29 is 9.59 Å². The minimum atomic E-state index is 0.0622. The van der Waals surface area contributed by atoms with E-state index in [2.05, 4.69) is 22.1 Å². The van der Waals surface area contributed by atoms with Crippen LogP contribution in [-0.4, -0.2) is 65.4 Å². The lowest BCUT2D eigenvalue weighted by molar-refractivity contribution is -0.122. The zero-order valence-corrected chi connectivity index (χ0v) is 19.4. The number of H-pyrrole nitrogens is 1. The molecule has 1 aromatic carbocycles. The van der Waals surface area contributed by atoms with E-state index in [1.54, 1.807) is 0 Å². The number of benzene rings is 1. The summed E-state index contributed by atoms with van der Waals surface area (Å²) in [5.41, 5.74) is 1.65. The monoisotopic (exact) mass is 438 g/mol. The number of likely N-dealkylation sites (tertiary alicyclic amines) is 2. The van der Waals surface area contributed by atoms with Crippen molar-refractivity contribution >= 4 is 22.7 Å². The van der Waals surface area contributed by atoms with Crippen LogP contribution in [0.15, 0.2) is 30.3 Å². The lowest BCUT2D eigenvalue weighted by atomic mass is 9.93. The van der Waals surface area contributed by atoms with Crippen LogP contribution in [0, 0.1) is 5.92 Å². The molecule has 2 fully saturated rings. The zero-order valence-electron chi connectivity index (χ0n) is 19.4. The van der Waals surface area contributed by atoms with Gasteiger partial charge in [0.15, 0.2) is 0 Å². The highest BCUT2D eigenvalue weighted by Crippen LogP contribution is 2.23. The predicted octanol–water partition coefficient (Wildman–Crippen LogP) is 4.18. The highest BCUT2D eigenvalue weighted by atomic mass is 16.2. The molecule has 1 atom stereocenters. The Morgan fingerprint density at radius 1 is 1.09 bits per heavy atom. The van der Waals surface area contributed by atoms with Gasteiger partial charge in [0.05, 0.1) is 0 Å². The first-order chi connectivity index (χ1) is 15.6. The molecular formula is C26H38N4O2. The van der Waals surface area contributed by atoms with E-state index in [1.165, 1.54) is 32.2 Å². The van der Waals surface area contributed by atoms with Gasteiger partial charge >= 0.3 is 0 Å². The van der Waals surface area contributed by atoms with Gasteiger partial charge in [-0.05, 0) is 63.1 Å². The third-order valence-electron chi connectivity index (χ3n) is 7.30. The summed E-state index contributed by atoms with van der Waals surface area (Å²) in [5.74, 6) is 0.594. The van der Waals surface area contributed by atoms with E-state index in [9.17, 15) is 9.59 Å². The lowest BCUT2D eigenvalue weighted by Gasteiger charge is -2.35. The molecule has 2 aliphatic heterocycles. The van der Waals surface area contributed by atoms with E-state index in [0.717, 1.165) is 62.4 Å². The summed E-state index contributed by atoms with van der Waals surface area (Å²) in [6.07, 6.45) is 8.62. The Kier molecular flexibility index (Phi) is 7.85. The first-order valence-corrected chi connectivity index (χ1v) is 12.5. The van der Waals surface area contributed by atoms with Crippen molar-refractivity contribution in [3.05, 3.63) is 36.0 Å². The van der Waals surface area contributed by atoms with Gasteiger partial charge < -0.3 is 20.1 Å². The molecule has 0 saturated carbocycles. The smallest absolute Gasteiger partial charge is 0.270 e. The van der Waals surface area contributed by atoms with Crippen LogP contribution in [-0.2, 0) is 4.79 Å². The molecule has 0 radical (unpaired) electrons. The summed E-state index contributed by atoms with van der Waals surface area (Å²) in [5, 5.41) is 4.19. The normalized spacial score (nSPS) is 20.5. The van der Waals surface area contributed by atoms with E-state index < -0.39 is 0 Å². The molecule has 6 heteroatoms. The number of aromatic nitrogens is 1. The molecule has 3 heterocycles. The van der Waals surface area contributed by atoms with E-state index >= 15 is 0 Å². The second-order valence-corrected chi connectivity index (χ2v) is 9.51. The maximum atomic E-state index is 12.9. The van der Waals surface area contributed by atoms with Crippen LogP contribution in [0.3, 0.4) is 0 Å².